The van der Waals surface area contributed by atoms with Crippen molar-refractivity contribution in [3.8, 4) is 0 Å². The highest BCUT2D eigenvalue weighted by Crippen LogP contribution is 2.33. The fraction of sp³-hybridized carbons (Fsp3) is 0.750. The molecule has 1 fully saturated rings. The number of hydrogen-bond donors (Lipinski definition) is 3. The lowest BCUT2D eigenvalue weighted by molar-refractivity contribution is -0.00793. The number of nitrogens with zero attached hydrogens (tertiary/aromatic N) is 2. The van der Waals surface area contributed by atoms with Crippen molar-refractivity contribution in [3.05, 3.63) is 12.2 Å². The average Bonchev–Trinajstić information content (AvgIpc) is 2.91. The first kappa shape index (κ1) is 13.0. The first-order valence-electron chi connectivity index (χ1n) is 6.49. The zero-order chi connectivity index (χ0) is 13.0. The van der Waals surface area contributed by atoms with Gasteiger partial charge in [0.25, 0.3) is 5.91 Å². The van der Waals surface area contributed by atoms with Crippen LogP contribution in [0.1, 0.15) is 49.6 Å². The standard InChI is InChI=1S/C12H20N4O2/c1-2-9-3-5-12(18,6-4-9)7-13-11(17)10-14-8-15-16-10/h8-9,18H,2-7H2,1H3,(H,13,17)(H,14,15,16). The zero-order valence-electron chi connectivity index (χ0n) is 10.6. The molecular weight excluding hydrogens is 232 g/mol. The van der Waals surface area contributed by atoms with E-state index in [4.69, 9.17) is 0 Å². The highest BCUT2D eigenvalue weighted by molar-refractivity contribution is 5.90. The number of H-pyrrole nitrogens is 1. The second-order valence-electron chi connectivity index (χ2n) is 5.09. The highest BCUT2D eigenvalue weighted by Gasteiger charge is 2.33. The molecule has 1 heterocycles. The Morgan fingerprint density at radius 2 is 2.33 bits per heavy atom. The number of rotatable bonds is 4. The van der Waals surface area contributed by atoms with Crippen molar-refractivity contribution in [2.24, 2.45) is 5.92 Å². The van der Waals surface area contributed by atoms with Crippen molar-refractivity contribution in [1.82, 2.24) is 20.5 Å². The first-order valence-corrected chi connectivity index (χ1v) is 6.49. The summed E-state index contributed by atoms with van der Waals surface area (Å²) >= 11 is 0. The van der Waals surface area contributed by atoms with E-state index in [9.17, 15) is 9.90 Å². The quantitative estimate of drug-likeness (QED) is 0.741. The minimum Gasteiger partial charge on any atom is -0.388 e. The summed E-state index contributed by atoms with van der Waals surface area (Å²) in [6, 6.07) is 0. The van der Waals surface area contributed by atoms with E-state index in [1.54, 1.807) is 0 Å². The number of aromatic amines is 1. The van der Waals surface area contributed by atoms with Crippen molar-refractivity contribution >= 4 is 5.91 Å². The minimum absolute atomic E-state index is 0.181. The Bertz CT molecular complexity index is 383. The molecule has 0 unspecified atom stereocenters. The molecule has 6 nitrogen and oxygen atoms in total. The molecule has 1 aliphatic carbocycles. The van der Waals surface area contributed by atoms with Gasteiger partial charge < -0.3 is 10.4 Å². The number of nitrogens with one attached hydrogen (secondary N) is 2. The van der Waals surface area contributed by atoms with Gasteiger partial charge in [0.2, 0.25) is 5.82 Å². The maximum Gasteiger partial charge on any atom is 0.288 e. The third-order valence-corrected chi connectivity index (χ3v) is 3.82. The Kier molecular flexibility index (Phi) is 3.96. The van der Waals surface area contributed by atoms with Crippen LogP contribution < -0.4 is 5.32 Å². The minimum atomic E-state index is -0.763. The van der Waals surface area contributed by atoms with Crippen LogP contribution in [0, 0.1) is 5.92 Å². The van der Waals surface area contributed by atoms with Gasteiger partial charge in [0.15, 0.2) is 0 Å². The molecule has 3 N–H and O–H groups in total. The number of carbonyl (C=O) groups excluding carboxylic acids is 1. The van der Waals surface area contributed by atoms with Gasteiger partial charge >= 0.3 is 0 Å². The number of amides is 1. The maximum atomic E-state index is 11.7. The predicted octanol–water partition coefficient (Wildman–Crippen LogP) is 0.866. The third-order valence-electron chi connectivity index (χ3n) is 3.82. The van der Waals surface area contributed by atoms with E-state index in [1.807, 2.05) is 0 Å². The van der Waals surface area contributed by atoms with Crippen LogP contribution in [0.25, 0.3) is 0 Å². The van der Waals surface area contributed by atoms with E-state index in [2.05, 4.69) is 27.4 Å². The average molecular weight is 252 g/mol. The summed E-state index contributed by atoms with van der Waals surface area (Å²) in [5, 5.41) is 19.2. The SMILES string of the molecule is CCC1CCC(O)(CNC(=O)c2ncn[nH]2)CC1. The molecule has 1 aliphatic rings. The molecule has 0 bridgehead atoms. The van der Waals surface area contributed by atoms with E-state index in [0.717, 1.165) is 31.6 Å². The third kappa shape index (κ3) is 3.07. The molecule has 6 heteroatoms. The topological polar surface area (TPSA) is 90.9 Å². The fourth-order valence-electron chi connectivity index (χ4n) is 2.44. The van der Waals surface area contributed by atoms with Gasteiger partial charge in [-0.25, -0.2) is 4.98 Å². The monoisotopic (exact) mass is 252 g/mol. The molecule has 0 spiro atoms. The van der Waals surface area contributed by atoms with Crippen molar-refractivity contribution < 1.29 is 9.90 Å². The highest BCUT2D eigenvalue weighted by atomic mass is 16.3. The normalized spacial score (nSPS) is 28.0. The van der Waals surface area contributed by atoms with Crippen molar-refractivity contribution in [3.63, 3.8) is 0 Å². The van der Waals surface area contributed by atoms with Gasteiger partial charge in [-0.1, -0.05) is 13.3 Å². The number of carbonyl (C=O) groups is 1. The molecule has 0 saturated heterocycles. The molecule has 0 radical (unpaired) electrons. The van der Waals surface area contributed by atoms with Crippen LogP contribution in [-0.2, 0) is 0 Å². The van der Waals surface area contributed by atoms with Gasteiger partial charge in [0.05, 0.1) is 5.60 Å². The summed E-state index contributed by atoms with van der Waals surface area (Å²) in [7, 11) is 0. The van der Waals surface area contributed by atoms with Crippen molar-refractivity contribution in [1.29, 1.82) is 0 Å². The van der Waals surface area contributed by atoms with Gasteiger partial charge in [-0.05, 0) is 31.6 Å². The van der Waals surface area contributed by atoms with Gasteiger partial charge in [-0.3, -0.25) is 9.89 Å². The Morgan fingerprint density at radius 3 is 2.89 bits per heavy atom. The molecule has 1 amide bonds. The van der Waals surface area contributed by atoms with Gasteiger partial charge in [-0.2, -0.15) is 5.10 Å². The summed E-state index contributed by atoms with van der Waals surface area (Å²) in [5.74, 6) is 0.578. The molecule has 0 atom stereocenters. The van der Waals surface area contributed by atoms with Gasteiger partial charge in [0.1, 0.15) is 6.33 Å². The number of aliphatic hydroxyl groups is 1. The first-order chi connectivity index (χ1) is 8.63. The van der Waals surface area contributed by atoms with Crippen molar-refractivity contribution in [2.45, 2.75) is 44.6 Å². The zero-order valence-corrected chi connectivity index (χ0v) is 10.6. The van der Waals surface area contributed by atoms with Gasteiger partial charge in [0, 0.05) is 6.54 Å². The van der Waals surface area contributed by atoms with Crippen LogP contribution in [0.2, 0.25) is 0 Å². The summed E-state index contributed by atoms with van der Waals surface area (Å²) < 4.78 is 0. The van der Waals surface area contributed by atoms with Crippen LogP contribution in [0.3, 0.4) is 0 Å². The Balaban J connectivity index is 1.81. The lowest BCUT2D eigenvalue weighted by atomic mass is 9.78. The summed E-state index contributed by atoms with van der Waals surface area (Å²) in [5.41, 5.74) is -0.763. The molecule has 2 rings (SSSR count). The molecule has 0 aromatic carbocycles. The molecule has 100 valence electrons. The predicted molar refractivity (Wildman–Crippen MR) is 65.9 cm³/mol. The second-order valence-corrected chi connectivity index (χ2v) is 5.09. The van der Waals surface area contributed by atoms with E-state index >= 15 is 0 Å². The fourth-order valence-corrected chi connectivity index (χ4v) is 2.44. The van der Waals surface area contributed by atoms with E-state index in [1.165, 1.54) is 12.7 Å². The number of hydrogen-bond acceptors (Lipinski definition) is 4. The summed E-state index contributed by atoms with van der Waals surface area (Å²) in [6.07, 6.45) is 6.03. The molecule has 1 aromatic heterocycles. The van der Waals surface area contributed by atoms with Crippen molar-refractivity contribution in [2.75, 3.05) is 6.54 Å². The maximum absolute atomic E-state index is 11.7. The molecule has 18 heavy (non-hydrogen) atoms. The number of aromatic nitrogens is 3. The van der Waals surface area contributed by atoms with E-state index < -0.39 is 5.60 Å². The summed E-state index contributed by atoms with van der Waals surface area (Å²) in [4.78, 5) is 15.4. The second kappa shape index (κ2) is 5.48. The van der Waals surface area contributed by atoms with Crippen LogP contribution in [-0.4, -0.2) is 38.3 Å². The molecule has 1 aromatic rings. The summed E-state index contributed by atoms with van der Waals surface area (Å²) in [6.45, 7) is 2.46. The molecule has 0 aliphatic heterocycles. The van der Waals surface area contributed by atoms with Crippen LogP contribution in [0.4, 0.5) is 0 Å². The largest absolute Gasteiger partial charge is 0.388 e. The Morgan fingerprint density at radius 1 is 1.61 bits per heavy atom. The molecule has 1 saturated carbocycles. The molecular formula is C12H20N4O2. The smallest absolute Gasteiger partial charge is 0.288 e. The lowest BCUT2D eigenvalue weighted by Gasteiger charge is -2.35. The van der Waals surface area contributed by atoms with Crippen LogP contribution >= 0.6 is 0 Å². The van der Waals surface area contributed by atoms with Crippen LogP contribution in [0.15, 0.2) is 6.33 Å². The Hall–Kier alpha value is -1.43. The lowest BCUT2D eigenvalue weighted by Crippen LogP contribution is -2.45. The van der Waals surface area contributed by atoms with E-state index in [0.29, 0.717) is 0 Å². The van der Waals surface area contributed by atoms with Gasteiger partial charge in [-0.15, -0.1) is 0 Å². The Labute approximate surface area is 106 Å². The van der Waals surface area contributed by atoms with E-state index in [-0.39, 0.29) is 18.3 Å². The van der Waals surface area contributed by atoms with Crippen LogP contribution in [0.5, 0.6) is 0 Å².